The molecule has 0 saturated carbocycles. The molecule has 2 unspecified atom stereocenters. The quantitative estimate of drug-likeness (QED) is 0.773. The van der Waals surface area contributed by atoms with Gasteiger partial charge in [-0.2, -0.15) is 0 Å². The van der Waals surface area contributed by atoms with Crippen molar-refractivity contribution in [2.75, 3.05) is 13.1 Å². The highest BCUT2D eigenvalue weighted by molar-refractivity contribution is 5.74. The highest BCUT2D eigenvalue weighted by Gasteiger charge is 2.33. The number of fused-ring (bicyclic) bond motifs is 1. The Kier molecular flexibility index (Phi) is 4.42. The van der Waals surface area contributed by atoms with Gasteiger partial charge in [-0.05, 0) is 29.8 Å². The van der Waals surface area contributed by atoms with E-state index in [9.17, 15) is 8.78 Å². The van der Waals surface area contributed by atoms with Gasteiger partial charge in [0, 0.05) is 32.0 Å². The second-order valence-electron chi connectivity index (χ2n) is 6.27. The predicted octanol–water partition coefficient (Wildman–Crippen LogP) is 2.84. The zero-order valence-corrected chi connectivity index (χ0v) is 13.5. The van der Waals surface area contributed by atoms with Gasteiger partial charge in [-0.25, -0.2) is 13.8 Å². The summed E-state index contributed by atoms with van der Waals surface area (Å²) in [7, 11) is 0. The van der Waals surface area contributed by atoms with Crippen molar-refractivity contribution in [3.8, 4) is 0 Å². The lowest BCUT2D eigenvalue weighted by molar-refractivity contribution is 0.00863. The van der Waals surface area contributed by atoms with Gasteiger partial charge in [0.1, 0.15) is 30.5 Å². The molecular formula is C18H18F2N4O. The van der Waals surface area contributed by atoms with Crippen LogP contribution in [0.15, 0.2) is 42.7 Å². The third-order valence-corrected chi connectivity index (χ3v) is 4.33. The zero-order valence-electron chi connectivity index (χ0n) is 13.5. The molecule has 1 fully saturated rings. The Bertz CT molecular complexity index is 855. The van der Waals surface area contributed by atoms with Crippen molar-refractivity contribution in [3.05, 3.63) is 59.9 Å². The number of hydrogen-bond acceptors (Lipinski definition) is 4. The second-order valence-corrected chi connectivity index (χ2v) is 6.27. The Morgan fingerprint density at radius 1 is 1.28 bits per heavy atom. The number of aromatic amines is 1. The molecule has 0 bridgehead atoms. The van der Waals surface area contributed by atoms with E-state index in [4.69, 9.17) is 4.74 Å². The first-order chi connectivity index (χ1) is 12.2. The largest absolute Gasteiger partial charge is 0.366 e. The van der Waals surface area contributed by atoms with Crippen LogP contribution in [-0.2, 0) is 17.9 Å². The van der Waals surface area contributed by atoms with Crippen molar-refractivity contribution in [1.29, 1.82) is 0 Å². The molecule has 1 aliphatic heterocycles. The summed E-state index contributed by atoms with van der Waals surface area (Å²) in [6.45, 7) is 1.68. The molecule has 3 heterocycles. The summed E-state index contributed by atoms with van der Waals surface area (Å²) in [5.41, 5.74) is 2.33. The minimum Gasteiger partial charge on any atom is -0.366 e. The fourth-order valence-electron chi connectivity index (χ4n) is 3.13. The summed E-state index contributed by atoms with van der Waals surface area (Å²) in [6.07, 6.45) is 1.96. The van der Waals surface area contributed by atoms with Crippen molar-refractivity contribution in [2.45, 2.75) is 25.4 Å². The van der Waals surface area contributed by atoms with E-state index in [0.29, 0.717) is 36.5 Å². The molecule has 0 radical (unpaired) electrons. The molecule has 4 rings (SSSR count). The van der Waals surface area contributed by atoms with E-state index in [0.717, 1.165) is 5.56 Å². The molecule has 1 saturated heterocycles. The van der Waals surface area contributed by atoms with E-state index in [1.165, 1.54) is 12.1 Å². The standard InChI is InChI=1S/C18H18F2N4O/c19-13-3-4-15-16(6-13)23-18(22-15)11-25-17-10-24(9-14(17)20)8-12-2-1-5-21-7-12/h1-7,14,17H,8-11H2,(H,22,23). The van der Waals surface area contributed by atoms with Crippen LogP contribution in [0.25, 0.3) is 11.0 Å². The fraction of sp³-hybridized carbons (Fsp3) is 0.333. The molecule has 3 aromatic rings. The maximum atomic E-state index is 14.2. The molecular weight excluding hydrogens is 326 g/mol. The van der Waals surface area contributed by atoms with Gasteiger partial charge in [0.2, 0.25) is 0 Å². The third-order valence-electron chi connectivity index (χ3n) is 4.33. The van der Waals surface area contributed by atoms with Crippen molar-refractivity contribution >= 4 is 11.0 Å². The van der Waals surface area contributed by atoms with Crippen LogP contribution in [0.3, 0.4) is 0 Å². The molecule has 0 spiro atoms. The van der Waals surface area contributed by atoms with Gasteiger partial charge in [0.25, 0.3) is 0 Å². The summed E-state index contributed by atoms with van der Waals surface area (Å²) in [5.74, 6) is 0.243. The molecule has 1 aromatic carbocycles. The summed E-state index contributed by atoms with van der Waals surface area (Å²) < 4.78 is 33.2. The minimum atomic E-state index is -1.04. The molecule has 2 aromatic heterocycles. The van der Waals surface area contributed by atoms with Crippen LogP contribution >= 0.6 is 0 Å². The molecule has 5 nitrogen and oxygen atoms in total. The van der Waals surface area contributed by atoms with E-state index >= 15 is 0 Å². The lowest BCUT2D eigenvalue weighted by Crippen LogP contribution is -2.24. The van der Waals surface area contributed by atoms with Gasteiger partial charge in [-0.15, -0.1) is 0 Å². The monoisotopic (exact) mass is 344 g/mol. The lowest BCUT2D eigenvalue weighted by Gasteiger charge is -2.15. The average molecular weight is 344 g/mol. The van der Waals surface area contributed by atoms with Crippen molar-refractivity contribution in [1.82, 2.24) is 19.9 Å². The SMILES string of the molecule is Fc1ccc2nc(COC3CN(Cc4cccnc4)CC3F)[nH]c2c1. The molecule has 0 amide bonds. The molecule has 0 aliphatic carbocycles. The van der Waals surface area contributed by atoms with Gasteiger partial charge in [0.15, 0.2) is 0 Å². The number of pyridine rings is 1. The number of nitrogens with zero attached hydrogens (tertiary/aromatic N) is 3. The van der Waals surface area contributed by atoms with Crippen molar-refractivity contribution < 1.29 is 13.5 Å². The van der Waals surface area contributed by atoms with E-state index in [2.05, 4.69) is 15.0 Å². The van der Waals surface area contributed by atoms with Gasteiger partial charge >= 0.3 is 0 Å². The number of benzene rings is 1. The number of alkyl halides is 1. The van der Waals surface area contributed by atoms with E-state index in [-0.39, 0.29) is 12.4 Å². The summed E-state index contributed by atoms with van der Waals surface area (Å²) in [5, 5.41) is 0. The first kappa shape index (κ1) is 16.1. The zero-order chi connectivity index (χ0) is 17.2. The highest BCUT2D eigenvalue weighted by atomic mass is 19.1. The topological polar surface area (TPSA) is 54.0 Å². The molecule has 2 atom stereocenters. The molecule has 130 valence electrons. The summed E-state index contributed by atoms with van der Waals surface area (Å²) in [6, 6.07) is 8.19. The number of H-pyrrole nitrogens is 1. The van der Waals surface area contributed by atoms with Crippen molar-refractivity contribution in [3.63, 3.8) is 0 Å². The second kappa shape index (κ2) is 6.85. The minimum absolute atomic E-state index is 0.169. The maximum absolute atomic E-state index is 14.2. The Morgan fingerprint density at radius 3 is 3.04 bits per heavy atom. The van der Waals surface area contributed by atoms with Crippen molar-refractivity contribution in [2.24, 2.45) is 0 Å². The summed E-state index contributed by atoms with van der Waals surface area (Å²) in [4.78, 5) is 13.4. The van der Waals surface area contributed by atoms with Crippen LogP contribution in [-0.4, -0.2) is 45.2 Å². The van der Waals surface area contributed by atoms with Crippen LogP contribution in [0.4, 0.5) is 8.78 Å². The first-order valence-corrected chi connectivity index (χ1v) is 8.18. The number of ether oxygens (including phenoxy) is 1. The van der Waals surface area contributed by atoms with Gasteiger partial charge in [-0.3, -0.25) is 9.88 Å². The van der Waals surface area contributed by atoms with Crippen LogP contribution < -0.4 is 0 Å². The molecule has 1 aliphatic rings. The smallest absolute Gasteiger partial charge is 0.140 e. The fourth-order valence-corrected chi connectivity index (χ4v) is 3.13. The number of rotatable bonds is 5. The van der Waals surface area contributed by atoms with Gasteiger partial charge in [0.05, 0.1) is 11.0 Å². The van der Waals surface area contributed by atoms with Crippen LogP contribution in [0.5, 0.6) is 0 Å². The maximum Gasteiger partial charge on any atom is 0.140 e. The summed E-state index contributed by atoms with van der Waals surface area (Å²) >= 11 is 0. The van der Waals surface area contributed by atoms with E-state index in [1.807, 2.05) is 17.0 Å². The number of nitrogens with one attached hydrogen (secondary N) is 1. The number of hydrogen-bond donors (Lipinski definition) is 1. The number of halogens is 2. The molecule has 7 heteroatoms. The third kappa shape index (κ3) is 3.67. The first-order valence-electron chi connectivity index (χ1n) is 8.18. The van der Waals surface area contributed by atoms with Crippen LogP contribution in [0.1, 0.15) is 11.4 Å². The van der Waals surface area contributed by atoms with Crippen LogP contribution in [0, 0.1) is 5.82 Å². The number of likely N-dealkylation sites (tertiary alicyclic amines) is 1. The number of imidazole rings is 1. The Labute approximate surface area is 143 Å². The predicted molar refractivity (Wildman–Crippen MR) is 89.0 cm³/mol. The molecule has 25 heavy (non-hydrogen) atoms. The van der Waals surface area contributed by atoms with E-state index in [1.54, 1.807) is 18.5 Å². The number of aromatic nitrogens is 3. The van der Waals surface area contributed by atoms with Crippen LogP contribution in [0.2, 0.25) is 0 Å². The van der Waals surface area contributed by atoms with Gasteiger partial charge < -0.3 is 9.72 Å². The molecule has 1 N–H and O–H groups in total. The van der Waals surface area contributed by atoms with Gasteiger partial charge in [-0.1, -0.05) is 6.07 Å². The Morgan fingerprint density at radius 2 is 2.20 bits per heavy atom. The average Bonchev–Trinajstić information content (AvgIpc) is 3.16. The normalized spacial score (nSPS) is 21.2. The Hall–Kier alpha value is -2.38. The Balaban J connectivity index is 1.35. The van der Waals surface area contributed by atoms with E-state index < -0.39 is 12.3 Å². The lowest BCUT2D eigenvalue weighted by atomic mass is 10.3. The highest BCUT2D eigenvalue weighted by Crippen LogP contribution is 2.20.